The van der Waals surface area contributed by atoms with Crippen LogP contribution in [-0.4, -0.2) is 58.3 Å². The maximum absolute atomic E-state index is 12.2. The van der Waals surface area contributed by atoms with E-state index >= 15 is 0 Å². The highest BCUT2D eigenvalue weighted by Gasteiger charge is 2.37. The van der Waals surface area contributed by atoms with Crippen molar-refractivity contribution in [1.29, 1.82) is 0 Å². The molecule has 1 saturated heterocycles. The summed E-state index contributed by atoms with van der Waals surface area (Å²) in [5.74, 6) is -0.979. The number of anilines is 1. The second-order valence-corrected chi connectivity index (χ2v) is 7.95. The normalized spacial score (nSPS) is 18.4. The van der Waals surface area contributed by atoms with Gasteiger partial charge in [-0.1, -0.05) is 23.5 Å². The molecule has 1 N–H and O–H groups in total. The number of piperazine rings is 1. The van der Waals surface area contributed by atoms with Crippen molar-refractivity contribution in [2.45, 2.75) is 32.4 Å². The molecule has 8 heteroatoms. The maximum Gasteiger partial charge on any atom is 0.410 e. The van der Waals surface area contributed by atoms with Crippen LogP contribution in [0, 0.1) is 0 Å². The number of hydrogen-bond acceptors (Lipinski definition) is 6. The number of hydrogen-bond donors (Lipinski definition) is 1. The Morgan fingerprint density at radius 3 is 2.64 bits per heavy atom. The molecule has 1 aromatic heterocycles. The Balaban J connectivity index is 1.80. The molecule has 134 valence electrons. The van der Waals surface area contributed by atoms with Crippen LogP contribution in [0.1, 0.15) is 20.8 Å². The molecule has 0 aliphatic carbocycles. The Kier molecular flexibility index (Phi) is 4.55. The average molecular weight is 363 g/mol. The van der Waals surface area contributed by atoms with Gasteiger partial charge in [-0.3, -0.25) is 0 Å². The number of thiazole rings is 1. The molecule has 2 aromatic rings. The molecule has 1 amide bonds. The predicted octanol–water partition coefficient (Wildman–Crippen LogP) is 2.81. The lowest BCUT2D eigenvalue weighted by molar-refractivity contribution is -0.139. The van der Waals surface area contributed by atoms with E-state index in [0.717, 1.165) is 10.2 Å². The largest absolute Gasteiger partial charge is 0.480 e. The number of carbonyl (C=O) groups is 2. The van der Waals surface area contributed by atoms with E-state index in [1.165, 1.54) is 16.2 Å². The van der Waals surface area contributed by atoms with Crippen molar-refractivity contribution in [1.82, 2.24) is 9.88 Å². The molecule has 3 rings (SSSR count). The minimum atomic E-state index is -0.979. The number of aromatic nitrogens is 1. The second-order valence-electron chi connectivity index (χ2n) is 6.94. The van der Waals surface area contributed by atoms with E-state index in [1.54, 1.807) is 25.7 Å². The van der Waals surface area contributed by atoms with Crippen LogP contribution in [0.5, 0.6) is 0 Å². The van der Waals surface area contributed by atoms with E-state index in [9.17, 15) is 14.7 Å². The minimum absolute atomic E-state index is 0.0696. The molecular weight excluding hydrogens is 342 g/mol. The van der Waals surface area contributed by atoms with Crippen molar-refractivity contribution in [2.24, 2.45) is 0 Å². The number of fused-ring (bicyclic) bond motifs is 1. The number of rotatable bonds is 2. The third kappa shape index (κ3) is 3.84. The first kappa shape index (κ1) is 17.5. The SMILES string of the molecule is CC(C)(C)OC(=O)N1CCN(c2nc3ccccc3s2)C(C(=O)O)C1. The van der Waals surface area contributed by atoms with Crippen molar-refractivity contribution >= 4 is 38.7 Å². The molecule has 1 aliphatic heterocycles. The first-order chi connectivity index (χ1) is 11.7. The topological polar surface area (TPSA) is 83.0 Å². The van der Waals surface area contributed by atoms with Crippen molar-refractivity contribution in [3.8, 4) is 0 Å². The molecular formula is C17H21N3O4S. The summed E-state index contributed by atoms with van der Waals surface area (Å²) in [5, 5.41) is 10.3. The maximum atomic E-state index is 12.2. The van der Waals surface area contributed by atoms with Crippen LogP contribution in [0.25, 0.3) is 10.2 Å². The summed E-state index contributed by atoms with van der Waals surface area (Å²) in [7, 11) is 0. The molecule has 1 atom stereocenters. The lowest BCUT2D eigenvalue weighted by Gasteiger charge is -2.39. The zero-order valence-corrected chi connectivity index (χ0v) is 15.2. The summed E-state index contributed by atoms with van der Waals surface area (Å²) in [5.41, 5.74) is 0.237. The monoisotopic (exact) mass is 363 g/mol. The van der Waals surface area contributed by atoms with Gasteiger partial charge in [-0.15, -0.1) is 0 Å². The van der Waals surface area contributed by atoms with Gasteiger partial charge in [0.05, 0.1) is 16.8 Å². The van der Waals surface area contributed by atoms with E-state index in [-0.39, 0.29) is 6.54 Å². The smallest absolute Gasteiger partial charge is 0.410 e. The Hall–Kier alpha value is -2.35. The van der Waals surface area contributed by atoms with E-state index in [2.05, 4.69) is 4.98 Å². The molecule has 7 nitrogen and oxygen atoms in total. The number of carboxylic acids is 1. The highest BCUT2D eigenvalue weighted by atomic mass is 32.1. The van der Waals surface area contributed by atoms with Crippen LogP contribution in [0.2, 0.25) is 0 Å². The third-order valence-corrected chi connectivity index (χ3v) is 4.92. The quantitative estimate of drug-likeness (QED) is 0.883. The third-order valence-electron chi connectivity index (χ3n) is 3.85. The average Bonchev–Trinajstić information content (AvgIpc) is 2.96. The molecule has 2 heterocycles. The molecule has 0 saturated carbocycles. The van der Waals surface area contributed by atoms with Crippen LogP contribution >= 0.6 is 11.3 Å². The Morgan fingerprint density at radius 1 is 1.28 bits per heavy atom. The zero-order chi connectivity index (χ0) is 18.2. The number of nitrogens with zero attached hydrogens (tertiary/aromatic N) is 3. The Morgan fingerprint density at radius 2 is 2.00 bits per heavy atom. The highest BCUT2D eigenvalue weighted by Crippen LogP contribution is 2.31. The summed E-state index contributed by atoms with van der Waals surface area (Å²) < 4.78 is 6.37. The summed E-state index contributed by atoms with van der Waals surface area (Å²) in [6.45, 7) is 6.23. The first-order valence-electron chi connectivity index (χ1n) is 8.07. The van der Waals surface area contributed by atoms with Gasteiger partial charge in [0.2, 0.25) is 0 Å². The fourth-order valence-electron chi connectivity index (χ4n) is 2.70. The van der Waals surface area contributed by atoms with E-state index in [1.807, 2.05) is 24.3 Å². The van der Waals surface area contributed by atoms with Crippen molar-refractivity contribution < 1.29 is 19.4 Å². The van der Waals surface area contributed by atoms with Gasteiger partial charge >= 0.3 is 12.1 Å². The number of para-hydroxylation sites is 1. The van der Waals surface area contributed by atoms with Gasteiger partial charge in [-0.25, -0.2) is 14.6 Å². The van der Waals surface area contributed by atoms with Gasteiger partial charge in [0.25, 0.3) is 0 Å². The number of carbonyl (C=O) groups excluding carboxylic acids is 1. The molecule has 25 heavy (non-hydrogen) atoms. The molecule has 0 bridgehead atoms. The van der Waals surface area contributed by atoms with Crippen LogP contribution in [0.15, 0.2) is 24.3 Å². The second kappa shape index (κ2) is 6.51. The van der Waals surface area contributed by atoms with Crippen LogP contribution in [-0.2, 0) is 9.53 Å². The van der Waals surface area contributed by atoms with Crippen LogP contribution < -0.4 is 4.90 Å². The van der Waals surface area contributed by atoms with Gasteiger partial charge in [0, 0.05) is 13.1 Å². The van der Waals surface area contributed by atoms with E-state index < -0.39 is 23.7 Å². The Labute approximate surface area is 149 Å². The van der Waals surface area contributed by atoms with E-state index in [0.29, 0.717) is 18.2 Å². The fourth-order valence-corrected chi connectivity index (χ4v) is 3.74. The van der Waals surface area contributed by atoms with E-state index in [4.69, 9.17) is 4.74 Å². The summed E-state index contributed by atoms with van der Waals surface area (Å²) in [6.07, 6.45) is -0.484. The summed E-state index contributed by atoms with van der Waals surface area (Å²) >= 11 is 1.46. The van der Waals surface area contributed by atoms with Gasteiger partial charge < -0.3 is 19.6 Å². The molecule has 1 aromatic carbocycles. The van der Waals surface area contributed by atoms with Crippen molar-refractivity contribution in [3.05, 3.63) is 24.3 Å². The molecule has 1 fully saturated rings. The highest BCUT2D eigenvalue weighted by molar-refractivity contribution is 7.22. The molecule has 0 spiro atoms. The predicted molar refractivity (Wildman–Crippen MR) is 96.2 cm³/mol. The number of amides is 1. The summed E-state index contributed by atoms with van der Waals surface area (Å²) in [6, 6.07) is 6.85. The lowest BCUT2D eigenvalue weighted by atomic mass is 10.2. The van der Waals surface area contributed by atoms with Gasteiger partial charge in [-0.2, -0.15) is 0 Å². The minimum Gasteiger partial charge on any atom is -0.480 e. The first-order valence-corrected chi connectivity index (χ1v) is 8.89. The Bertz CT molecular complexity index is 766. The van der Waals surface area contributed by atoms with Crippen molar-refractivity contribution in [3.63, 3.8) is 0 Å². The molecule has 0 radical (unpaired) electrons. The van der Waals surface area contributed by atoms with Gasteiger partial charge in [0.15, 0.2) is 5.13 Å². The van der Waals surface area contributed by atoms with Gasteiger partial charge in [0.1, 0.15) is 11.6 Å². The van der Waals surface area contributed by atoms with Crippen LogP contribution in [0.3, 0.4) is 0 Å². The van der Waals surface area contributed by atoms with Gasteiger partial charge in [-0.05, 0) is 32.9 Å². The summed E-state index contributed by atoms with van der Waals surface area (Å²) in [4.78, 5) is 31.8. The molecule has 1 unspecified atom stereocenters. The number of ether oxygens (including phenoxy) is 1. The molecule has 1 aliphatic rings. The number of carboxylic acid groups (broad SMARTS) is 1. The number of benzene rings is 1. The van der Waals surface area contributed by atoms with Crippen LogP contribution in [0.4, 0.5) is 9.93 Å². The standard InChI is InChI=1S/C17H21N3O4S/c1-17(2,3)24-16(23)19-8-9-20(12(10-19)14(21)22)15-18-11-6-4-5-7-13(11)25-15/h4-7,12H,8-10H2,1-3H3,(H,21,22). The zero-order valence-electron chi connectivity index (χ0n) is 14.4. The number of aliphatic carboxylic acids is 1. The van der Waals surface area contributed by atoms with Crippen molar-refractivity contribution in [2.75, 3.05) is 24.5 Å². The lowest BCUT2D eigenvalue weighted by Crippen LogP contribution is -2.58. The fraction of sp³-hybridized carbons (Fsp3) is 0.471.